The smallest absolute Gasteiger partial charge is 0.0348 e. The number of anilines is 1. The fourth-order valence-corrected chi connectivity index (χ4v) is 3.97. The minimum absolute atomic E-state index is 0.653. The molecule has 20 heavy (non-hydrogen) atoms. The third-order valence-corrected chi connectivity index (χ3v) is 5.14. The molecular weight excluding hydrogens is 244 g/mol. The number of piperidine rings is 1. The van der Waals surface area contributed by atoms with E-state index in [4.69, 9.17) is 0 Å². The second-order valence-electron chi connectivity index (χ2n) is 6.56. The first-order chi connectivity index (χ1) is 9.83. The van der Waals surface area contributed by atoms with Crippen molar-refractivity contribution in [3.63, 3.8) is 0 Å². The zero-order valence-corrected chi connectivity index (χ0v) is 11.9. The van der Waals surface area contributed by atoms with Gasteiger partial charge in [-0.15, -0.1) is 0 Å². The van der Waals surface area contributed by atoms with Gasteiger partial charge >= 0.3 is 0 Å². The van der Waals surface area contributed by atoms with E-state index in [-0.39, 0.29) is 0 Å². The summed E-state index contributed by atoms with van der Waals surface area (Å²) in [7, 11) is 0. The number of fused-ring (bicyclic) bond motifs is 1. The summed E-state index contributed by atoms with van der Waals surface area (Å²) in [5, 5.41) is 9.84. The average Bonchev–Trinajstić information content (AvgIpc) is 2.47. The summed E-state index contributed by atoms with van der Waals surface area (Å²) in [6, 6.07) is 16.0. The Morgan fingerprint density at radius 1 is 0.950 bits per heavy atom. The largest absolute Gasteiger partial charge is 0.382 e. The molecule has 0 radical (unpaired) electrons. The zero-order chi connectivity index (χ0) is 13.4. The molecule has 1 saturated heterocycles. The fourth-order valence-electron chi connectivity index (χ4n) is 3.97. The van der Waals surface area contributed by atoms with Crippen molar-refractivity contribution < 1.29 is 0 Å². The minimum atomic E-state index is 0.653. The normalized spacial score (nSPS) is 21.8. The molecule has 0 atom stereocenters. The summed E-state index contributed by atoms with van der Waals surface area (Å²) in [6.07, 6.45) is 5.43. The van der Waals surface area contributed by atoms with Crippen LogP contribution in [0.15, 0.2) is 42.5 Å². The number of rotatable bonds is 2. The van der Waals surface area contributed by atoms with Crippen molar-refractivity contribution in [2.45, 2.75) is 31.7 Å². The van der Waals surface area contributed by atoms with Crippen molar-refractivity contribution in [2.75, 3.05) is 18.4 Å². The summed E-state index contributed by atoms with van der Waals surface area (Å²) in [5.41, 5.74) is 1.93. The molecule has 1 aliphatic heterocycles. The van der Waals surface area contributed by atoms with Gasteiger partial charge in [-0.3, -0.25) is 0 Å². The lowest BCUT2D eigenvalue weighted by Gasteiger charge is -2.50. The molecule has 4 rings (SSSR count). The molecule has 2 N–H and O–H groups in total. The van der Waals surface area contributed by atoms with Crippen LogP contribution in [0.3, 0.4) is 0 Å². The van der Waals surface area contributed by atoms with Crippen molar-refractivity contribution in [1.29, 1.82) is 0 Å². The van der Waals surface area contributed by atoms with E-state index in [0.29, 0.717) is 11.5 Å². The third-order valence-electron chi connectivity index (χ3n) is 5.14. The van der Waals surface area contributed by atoms with Crippen LogP contribution in [0.5, 0.6) is 0 Å². The Kier molecular flexibility index (Phi) is 2.92. The van der Waals surface area contributed by atoms with Gasteiger partial charge in [-0.05, 0) is 67.1 Å². The van der Waals surface area contributed by atoms with E-state index in [2.05, 4.69) is 53.1 Å². The van der Waals surface area contributed by atoms with Gasteiger partial charge in [0.25, 0.3) is 0 Å². The van der Waals surface area contributed by atoms with Crippen molar-refractivity contribution in [3.05, 3.63) is 42.5 Å². The van der Waals surface area contributed by atoms with Gasteiger partial charge in [0, 0.05) is 11.7 Å². The fraction of sp³-hybridized carbons (Fsp3) is 0.444. The van der Waals surface area contributed by atoms with Gasteiger partial charge in [0.05, 0.1) is 0 Å². The summed E-state index contributed by atoms with van der Waals surface area (Å²) in [4.78, 5) is 0. The van der Waals surface area contributed by atoms with Gasteiger partial charge in [-0.1, -0.05) is 30.3 Å². The molecule has 1 spiro atoms. The molecule has 1 saturated carbocycles. The van der Waals surface area contributed by atoms with E-state index in [1.807, 2.05) is 0 Å². The summed E-state index contributed by atoms with van der Waals surface area (Å²) < 4.78 is 0. The van der Waals surface area contributed by atoms with E-state index in [9.17, 15) is 0 Å². The quantitative estimate of drug-likeness (QED) is 0.864. The molecule has 2 aromatic rings. The molecule has 2 nitrogen and oxygen atoms in total. The number of hydrogen-bond donors (Lipinski definition) is 2. The predicted molar refractivity (Wildman–Crippen MR) is 85.1 cm³/mol. The van der Waals surface area contributed by atoms with Gasteiger partial charge in [0.1, 0.15) is 0 Å². The number of hydrogen-bond acceptors (Lipinski definition) is 2. The van der Waals surface area contributed by atoms with Crippen LogP contribution < -0.4 is 10.6 Å². The van der Waals surface area contributed by atoms with E-state index in [0.717, 1.165) is 0 Å². The molecule has 2 aliphatic rings. The van der Waals surface area contributed by atoms with Crippen molar-refractivity contribution in [1.82, 2.24) is 5.32 Å². The molecule has 1 heterocycles. The first kappa shape index (κ1) is 12.2. The molecule has 2 fully saturated rings. The minimum Gasteiger partial charge on any atom is -0.382 e. The molecular formula is C18H22N2. The lowest BCUT2D eigenvalue weighted by atomic mass is 9.60. The molecule has 1 aliphatic carbocycles. The maximum Gasteiger partial charge on any atom is 0.0348 e. The van der Waals surface area contributed by atoms with Gasteiger partial charge < -0.3 is 10.6 Å². The second-order valence-corrected chi connectivity index (χ2v) is 6.56. The molecule has 0 bridgehead atoms. The summed E-state index contributed by atoms with van der Waals surface area (Å²) >= 11 is 0. The Balaban J connectivity index is 1.44. The van der Waals surface area contributed by atoms with Gasteiger partial charge in [-0.2, -0.15) is 0 Å². The SMILES string of the molecule is c1ccc2cc(NC3CC4(CCNCC4)C3)ccc2c1. The lowest BCUT2D eigenvalue weighted by molar-refractivity contribution is 0.0719. The highest BCUT2D eigenvalue weighted by Gasteiger charge is 2.44. The summed E-state index contributed by atoms with van der Waals surface area (Å²) in [5.74, 6) is 0. The lowest BCUT2D eigenvalue weighted by Crippen LogP contribution is -2.50. The van der Waals surface area contributed by atoms with Crippen LogP contribution in [0.1, 0.15) is 25.7 Å². The molecule has 104 valence electrons. The molecule has 2 heteroatoms. The Morgan fingerprint density at radius 3 is 2.50 bits per heavy atom. The first-order valence-corrected chi connectivity index (χ1v) is 7.79. The van der Waals surface area contributed by atoms with Crippen molar-refractivity contribution in [3.8, 4) is 0 Å². The van der Waals surface area contributed by atoms with E-state index in [1.54, 1.807) is 0 Å². The van der Waals surface area contributed by atoms with Crippen LogP contribution >= 0.6 is 0 Å². The molecule has 0 aromatic heterocycles. The maximum absolute atomic E-state index is 3.72. The topological polar surface area (TPSA) is 24.1 Å². The van der Waals surface area contributed by atoms with Crippen molar-refractivity contribution in [2.24, 2.45) is 5.41 Å². The van der Waals surface area contributed by atoms with Crippen LogP contribution in [0.25, 0.3) is 10.8 Å². The average molecular weight is 266 g/mol. The summed E-state index contributed by atoms with van der Waals surface area (Å²) in [6.45, 7) is 2.42. The van der Waals surface area contributed by atoms with Gasteiger partial charge in [0.15, 0.2) is 0 Å². The highest BCUT2D eigenvalue weighted by molar-refractivity contribution is 5.85. The Morgan fingerprint density at radius 2 is 1.70 bits per heavy atom. The second kappa shape index (κ2) is 4.78. The van der Waals surface area contributed by atoms with E-state index >= 15 is 0 Å². The van der Waals surface area contributed by atoms with Crippen LogP contribution in [0, 0.1) is 5.41 Å². The third kappa shape index (κ3) is 2.18. The Bertz CT molecular complexity index is 606. The number of nitrogens with one attached hydrogen (secondary N) is 2. The van der Waals surface area contributed by atoms with Gasteiger partial charge in [-0.25, -0.2) is 0 Å². The number of benzene rings is 2. The molecule has 0 unspecified atom stereocenters. The van der Waals surface area contributed by atoms with E-state index < -0.39 is 0 Å². The van der Waals surface area contributed by atoms with E-state index in [1.165, 1.54) is 55.2 Å². The first-order valence-electron chi connectivity index (χ1n) is 7.79. The molecule has 2 aromatic carbocycles. The Labute approximate surface area is 120 Å². The predicted octanol–water partition coefficient (Wildman–Crippen LogP) is 3.78. The highest BCUT2D eigenvalue weighted by Crippen LogP contribution is 2.48. The standard InChI is InChI=1S/C18H22N2/c1-2-4-15-11-16(6-5-14(15)3-1)20-17-12-18(13-17)7-9-19-10-8-18/h1-6,11,17,19-20H,7-10,12-13H2. The van der Waals surface area contributed by atoms with Crippen LogP contribution in [0.4, 0.5) is 5.69 Å². The molecule has 0 amide bonds. The van der Waals surface area contributed by atoms with Crippen LogP contribution in [-0.4, -0.2) is 19.1 Å². The maximum atomic E-state index is 3.72. The Hall–Kier alpha value is -1.54. The van der Waals surface area contributed by atoms with Gasteiger partial charge in [0.2, 0.25) is 0 Å². The monoisotopic (exact) mass is 266 g/mol. The van der Waals surface area contributed by atoms with Crippen molar-refractivity contribution >= 4 is 16.5 Å². The zero-order valence-electron chi connectivity index (χ0n) is 11.9. The van der Waals surface area contributed by atoms with Crippen LogP contribution in [-0.2, 0) is 0 Å². The highest BCUT2D eigenvalue weighted by atomic mass is 15.0. The van der Waals surface area contributed by atoms with Crippen LogP contribution in [0.2, 0.25) is 0 Å².